The van der Waals surface area contributed by atoms with Crippen LogP contribution in [0.15, 0.2) is 54.8 Å². The molecule has 144 valence electrons. The van der Waals surface area contributed by atoms with Crippen molar-refractivity contribution in [3.8, 4) is 11.5 Å². The molecule has 6 heteroatoms. The Morgan fingerprint density at radius 2 is 1.93 bits per heavy atom. The standard InChI is InChI=1S/C22H22N2O4/c1-4-5-17-10-16(12-19(28-3)20(17)25)11-18-21(26)24(22(27)23-18)13-15-8-6-14(2)7-9-15/h4,6-12,25H,1,5,13H2,2-3H3,(H,23,27)/b18-11+. The van der Waals surface area contributed by atoms with Gasteiger partial charge in [0.15, 0.2) is 11.5 Å². The molecule has 0 spiro atoms. The van der Waals surface area contributed by atoms with Gasteiger partial charge in [-0.25, -0.2) is 4.79 Å². The van der Waals surface area contributed by atoms with Crippen LogP contribution in [0.3, 0.4) is 0 Å². The van der Waals surface area contributed by atoms with E-state index in [1.807, 2.05) is 31.2 Å². The lowest BCUT2D eigenvalue weighted by Gasteiger charge is -2.12. The molecule has 2 N–H and O–H groups in total. The molecule has 3 rings (SSSR count). The fourth-order valence-electron chi connectivity index (χ4n) is 3.00. The van der Waals surface area contributed by atoms with Crippen LogP contribution in [0.25, 0.3) is 6.08 Å². The Hall–Kier alpha value is -3.54. The number of phenolic OH excluding ortho intramolecular Hbond substituents is 1. The second-order valence-corrected chi connectivity index (χ2v) is 6.59. The van der Waals surface area contributed by atoms with Crippen molar-refractivity contribution in [1.29, 1.82) is 0 Å². The lowest BCUT2D eigenvalue weighted by Crippen LogP contribution is -2.30. The van der Waals surface area contributed by atoms with Crippen molar-refractivity contribution in [3.63, 3.8) is 0 Å². The van der Waals surface area contributed by atoms with E-state index in [1.165, 1.54) is 12.0 Å². The van der Waals surface area contributed by atoms with Crippen LogP contribution in [-0.2, 0) is 17.8 Å². The normalized spacial score (nSPS) is 15.1. The molecule has 1 heterocycles. The second-order valence-electron chi connectivity index (χ2n) is 6.59. The van der Waals surface area contributed by atoms with Crippen molar-refractivity contribution in [2.24, 2.45) is 0 Å². The van der Waals surface area contributed by atoms with Crippen LogP contribution < -0.4 is 10.1 Å². The zero-order valence-electron chi connectivity index (χ0n) is 15.9. The average Bonchev–Trinajstić information content (AvgIpc) is 2.93. The number of hydrogen-bond acceptors (Lipinski definition) is 4. The van der Waals surface area contributed by atoms with Crippen molar-refractivity contribution in [2.45, 2.75) is 19.9 Å². The summed E-state index contributed by atoms with van der Waals surface area (Å²) in [4.78, 5) is 26.1. The van der Waals surface area contributed by atoms with E-state index in [0.29, 0.717) is 23.3 Å². The molecule has 0 bridgehead atoms. The first-order chi connectivity index (χ1) is 13.4. The van der Waals surface area contributed by atoms with Gasteiger partial charge in [0.2, 0.25) is 0 Å². The number of aryl methyl sites for hydroxylation is 1. The smallest absolute Gasteiger partial charge is 0.329 e. The van der Waals surface area contributed by atoms with Gasteiger partial charge in [0.05, 0.1) is 13.7 Å². The summed E-state index contributed by atoms with van der Waals surface area (Å²) in [5.74, 6) is -0.0743. The predicted octanol–water partition coefficient (Wildman–Crippen LogP) is 3.53. The molecule has 1 aliphatic rings. The van der Waals surface area contributed by atoms with Gasteiger partial charge in [-0.15, -0.1) is 6.58 Å². The molecule has 0 saturated carbocycles. The van der Waals surface area contributed by atoms with Crippen LogP contribution in [0.5, 0.6) is 11.5 Å². The number of methoxy groups -OCH3 is 1. The minimum absolute atomic E-state index is 0.0346. The molecule has 2 aromatic carbocycles. The molecule has 0 aliphatic carbocycles. The highest BCUT2D eigenvalue weighted by atomic mass is 16.5. The lowest BCUT2D eigenvalue weighted by molar-refractivity contribution is -0.123. The molecule has 0 radical (unpaired) electrons. The van der Waals surface area contributed by atoms with E-state index in [9.17, 15) is 14.7 Å². The lowest BCUT2D eigenvalue weighted by atomic mass is 10.0. The summed E-state index contributed by atoms with van der Waals surface area (Å²) < 4.78 is 5.20. The maximum Gasteiger partial charge on any atom is 0.329 e. The third-order valence-corrected chi connectivity index (χ3v) is 4.49. The Morgan fingerprint density at radius 1 is 1.21 bits per heavy atom. The van der Waals surface area contributed by atoms with Gasteiger partial charge >= 0.3 is 6.03 Å². The fourth-order valence-corrected chi connectivity index (χ4v) is 3.00. The number of nitrogens with one attached hydrogen (secondary N) is 1. The number of ether oxygens (including phenoxy) is 1. The van der Waals surface area contributed by atoms with Gasteiger partial charge in [-0.2, -0.15) is 0 Å². The number of allylic oxidation sites excluding steroid dienone is 1. The van der Waals surface area contributed by atoms with E-state index in [0.717, 1.165) is 11.1 Å². The third kappa shape index (κ3) is 3.91. The number of aromatic hydroxyl groups is 1. The van der Waals surface area contributed by atoms with E-state index < -0.39 is 11.9 Å². The summed E-state index contributed by atoms with van der Waals surface area (Å²) in [5.41, 5.74) is 3.41. The largest absolute Gasteiger partial charge is 0.504 e. The number of benzene rings is 2. The van der Waals surface area contributed by atoms with E-state index in [1.54, 1.807) is 24.3 Å². The van der Waals surface area contributed by atoms with Gasteiger partial charge in [-0.05, 0) is 42.7 Å². The zero-order chi connectivity index (χ0) is 20.3. The van der Waals surface area contributed by atoms with E-state index >= 15 is 0 Å². The average molecular weight is 378 g/mol. The Morgan fingerprint density at radius 3 is 2.57 bits per heavy atom. The van der Waals surface area contributed by atoms with Crippen molar-refractivity contribution in [1.82, 2.24) is 10.2 Å². The number of imide groups is 1. The molecule has 0 aromatic heterocycles. The first-order valence-electron chi connectivity index (χ1n) is 8.83. The van der Waals surface area contributed by atoms with Crippen LogP contribution in [-0.4, -0.2) is 29.1 Å². The molecule has 2 aromatic rings. The van der Waals surface area contributed by atoms with Crippen LogP contribution in [0.2, 0.25) is 0 Å². The van der Waals surface area contributed by atoms with Crippen molar-refractivity contribution in [3.05, 3.63) is 77.0 Å². The maximum atomic E-state index is 12.7. The van der Waals surface area contributed by atoms with Gasteiger partial charge in [-0.1, -0.05) is 35.9 Å². The number of rotatable bonds is 6. The monoisotopic (exact) mass is 378 g/mol. The summed E-state index contributed by atoms with van der Waals surface area (Å²) in [6, 6.07) is 10.5. The molecule has 1 aliphatic heterocycles. The Balaban J connectivity index is 1.88. The van der Waals surface area contributed by atoms with Gasteiger partial charge < -0.3 is 15.2 Å². The van der Waals surface area contributed by atoms with Crippen LogP contribution in [0.4, 0.5) is 4.79 Å². The number of urea groups is 1. The number of amides is 3. The minimum atomic E-state index is -0.464. The molecule has 1 saturated heterocycles. The SMILES string of the molecule is C=CCc1cc(/C=C2/NC(=O)N(Cc3ccc(C)cc3)C2=O)cc(OC)c1O. The first kappa shape index (κ1) is 19.2. The van der Waals surface area contributed by atoms with Gasteiger partial charge in [-0.3, -0.25) is 9.69 Å². The highest BCUT2D eigenvalue weighted by Gasteiger charge is 2.33. The molecule has 6 nitrogen and oxygen atoms in total. The number of carbonyl (C=O) groups is 2. The highest BCUT2D eigenvalue weighted by molar-refractivity contribution is 6.13. The topological polar surface area (TPSA) is 78.9 Å². The van der Waals surface area contributed by atoms with Crippen molar-refractivity contribution >= 4 is 18.0 Å². The number of phenols is 1. The Kier molecular flexibility index (Phi) is 5.49. The van der Waals surface area contributed by atoms with Crippen molar-refractivity contribution in [2.75, 3.05) is 7.11 Å². The predicted molar refractivity (Wildman–Crippen MR) is 107 cm³/mol. The first-order valence-corrected chi connectivity index (χ1v) is 8.83. The summed E-state index contributed by atoms with van der Waals surface area (Å²) in [5, 5.41) is 12.8. The second kappa shape index (κ2) is 8.00. The van der Waals surface area contributed by atoms with Crippen LogP contribution >= 0.6 is 0 Å². The summed E-state index contributed by atoms with van der Waals surface area (Å²) >= 11 is 0. The summed E-state index contributed by atoms with van der Waals surface area (Å²) in [6.07, 6.45) is 3.68. The number of hydrogen-bond donors (Lipinski definition) is 2. The van der Waals surface area contributed by atoms with Crippen LogP contribution in [0.1, 0.15) is 22.3 Å². The minimum Gasteiger partial charge on any atom is -0.504 e. The molecule has 0 unspecified atom stereocenters. The summed E-state index contributed by atoms with van der Waals surface area (Å²) in [6.45, 7) is 5.85. The molecule has 3 amide bonds. The van der Waals surface area contributed by atoms with E-state index in [2.05, 4.69) is 11.9 Å². The molecule has 1 fully saturated rings. The molecule has 28 heavy (non-hydrogen) atoms. The van der Waals surface area contributed by atoms with Gasteiger partial charge in [0.1, 0.15) is 5.70 Å². The Labute approximate surface area is 163 Å². The molecular formula is C22H22N2O4. The molecular weight excluding hydrogens is 356 g/mol. The van der Waals surface area contributed by atoms with E-state index in [4.69, 9.17) is 4.74 Å². The Bertz CT molecular complexity index is 961. The fraction of sp³-hybridized carbons (Fsp3) is 0.182. The zero-order valence-corrected chi connectivity index (χ0v) is 15.9. The quantitative estimate of drug-likeness (QED) is 0.458. The van der Waals surface area contributed by atoms with Crippen molar-refractivity contribution < 1.29 is 19.4 Å². The molecule has 0 atom stereocenters. The maximum absolute atomic E-state index is 12.7. The van der Waals surface area contributed by atoms with Gasteiger partial charge in [0.25, 0.3) is 5.91 Å². The highest BCUT2D eigenvalue weighted by Crippen LogP contribution is 2.33. The summed E-state index contributed by atoms with van der Waals surface area (Å²) in [7, 11) is 1.45. The number of nitrogens with zero attached hydrogens (tertiary/aromatic N) is 1. The number of carbonyl (C=O) groups excluding carboxylic acids is 2. The van der Waals surface area contributed by atoms with Crippen LogP contribution in [0, 0.1) is 6.92 Å². The van der Waals surface area contributed by atoms with Gasteiger partial charge in [0, 0.05) is 5.56 Å². The third-order valence-electron chi connectivity index (χ3n) is 4.49. The van der Waals surface area contributed by atoms with E-state index in [-0.39, 0.29) is 18.0 Å².